The summed E-state index contributed by atoms with van der Waals surface area (Å²) in [7, 11) is 0. The van der Waals surface area contributed by atoms with Crippen molar-refractivity contribution in [3.05, 3.63) is 69.7 Å². The summed E-state index contributed by atoms with van der Waals surface area (Å²) in [5.74, 6) is -2.15. The largest absolute Gasteiger partial charge is 2.00 e. The average Bonchev–Trinajstić information content (AvgIpc) is 2.44. The number of hydrogen-bond donors (Lipinski definition) is 0. The molecule has 0 amide bonds. The Kier molecular flexibility index (Phi) is 11.3. The standard InChI is InChI=1S/2C8H7ClO2.Ca/c2*9-7-3-1-6(2-4-7)5-8(10)11;/h2*1-4H,5H2,(H,10,11);/q;;+2/p-2. The van der Waals surface area contributed by atoms with Crippen LogP contribution >= 0.6 is 23.2 Å². The zero-order valence-corrected chi connectivity index (χ0v) is 15.8. The maximum atomic E-state index is 10.1. The Hall–Kier alpha value is -0.780. The van der Waals surface area contributed by atoms with E-state index in [1.165, 1.54) is 0 Å². The summed E-state index contributed by atoms with van der Waals surface area (Å²) < 4.78 is 0. The zero-order chi connectivity index (χ0) is 16.5. The van der Waals surface area contributed by atoms with Gasteiger partial charge in [0.05, 0.1) is 0 Å². The van der Waals surface area contributed by atoms with Gasteiger partial charge in [-0.05, 0) is 35.4 Å². The molecule has 7 heteroatoms. The molecule has 0 saturated carbocycles. The number of rotatable bonds is 4. The summed E-state index contributed by atoms with van der Waals surface area (Å²) in [6, 6.07) is 13.3. The Morgan fingerprint density at radius 1 is 0.696 bits per heavy atom. The second-order valence-electron chi connectivity index (χ2n) is 4.35. The molecule has 0 N–H and O–H groups in total. The normalized spacial score (nSPS) is 9.13. The Balaban J connectivity index is 0.000000403. The van der Waals surface area contributed by atoms with Crippen LogP contribution in [0, 0.1) is 0 Å². The molecule has 0 aliphatic heterocycles. The van der Waals surface area contributed by atoms with Gasteiger partial charge in [0, 0.05) is 34.8 Å². The number of hydrogen-bond acceptors (Lipinski definition) is 4. The molecule has 23 heavy (non-hydrogen) atoms. The molecule has 0 aromatic heterocycles. The molecule has 2 aromatic carbocycles. The first kappa shape index (κ1) is 22.2. The number of aliphatic carboxylic acids is 2. The Morgan fingerprint density at radius 2 is 0.957 bits per heavy atom. The van der Waals surface area contributed by atoms with Crippen LogP contribution in [-0.2, 0) is 22.4 Å². The maximum absolute atomic E-state index is 10.1. The molecule has 0 spiro atoms. The van der Waals surface area contributed by atoms with Gasteiger partial charge in [0.2, 0.25) is 0 Å². The topological polar surface area (TPSA) is 80.3 Å². The molecule has 116 valence electrons. The summed E-state index contributed by atoms with van der Waals surface area (Å²) in [6.07, 6.45) is -0.117. The van der Waals surface area contributed by atoms with Crippen LogP contribution in [0.4, 0.5) is 0 Å². The first-order chi connectivity index (χ1) is 10.4. The molecule has 0 saturated heterocycles. The van der Waals surface area contributed by atoms with Gasteiger partial charge in [-0.2, -0.15) is 0 Å². The van der Waals surface area contributed by atoms with E-state index in [0.717, 1.165) is 0 Å². The Bertz CT molecular complexity index is 570. The number of carboxylic acids is 2. The van der Waals surface area contributed by atoms with E-state index < -0.39 is 11.9 Å². The summed E-state index contributed by atoms with van der Waals surface area (Å²) in [4.78, 5) is 20.2. The molecule has 0 aliphatic rings. The smallest absolute Gasteiger partial charge is 0.550 e. The van der Waals surface area contributed by atoms with E-state index in [9.17, 15) is 19.8 Å². The summed E-state index contributed by atoms with van der Waals surface area (Å²) >= 11 is 11.2. The number of carbonyl (C=O) groups excluding carboxylic acids is 2. The molecule has 0 fully saturated rings. The molecular weight excluding hydrogens is 367 g/mol. The molecule has 2 rings (SSSR count). The van der Waals surface area contributed by atoms with Gasteiger partial charge < -0.3 is 19.8 Å². The first-order valence-corrected chi connectivity index (χ1v) is 7.01. The minimum atomic E-state index is -1.08. The number of carbonyl (C=O) groups is 2. The molecule has 0 atom stereocenters. The van der Waals surface area contributed by atoms with Crippen molar-refractivity contribution in [2.75, 3.05) is 0 Å². The van der Waals surface area contributed by atoms with Crippen LogP contribution in [0.5, 0.6) is 0 Å². The fraction of sp³-hybridized carbons (Fsp3) is 0.125. The fourth-order valence-corrected chi connectivity index (χ4v) is 1.79. The van der Waals surface area contributed by atoms with Gasteiger partial charge in [-0.25, -0.2) is 0 Å². The SMILES string of the molecule is O=C([O-])Cc1ccc(Cl)cc1.O=C([O-])Cc1ccc(Cl)cc1.[Ca+2]. The molecule has 4 nitrogen and oxygen atoms in total. The third-order valence-electron chi connectivity index (χ3n) is 2.52. The van der Waals surface area contributed by atoms with Gasteiger partial charge in [0.1, 0.15) is 0 Å². The molecule has 2 aromatic rings. The van der Waals surface area contributed by atoms with Crippen molar-refractivity contribution in [2.45, 2.75) is 12.8 Å². The maximum Gasteiger partial charge on any atom is 2.00 e. The van der Waals surface area contributed by atoms with Crippen LogP contribution in [0.1, 0.15) is 11.1 Å². The molecule has 0 radical (unpaired) electrons. The Labute approximate surface area is 174 Å². The minimum Gasteiger partial charge on any atom is -0.550 e. The fourth-order valence-electron chi connectivity index (χ4n) is 1.54. The second kappa shape index (κ2) is 11.7. The van der Waals surface area contributed by atoms with Gasteiger partial charge in [-0.1, -0.05) is 47.5 Å². The van der Waals surface area contributed by atoms with Gasteiger partial charge in [-0.15, -0.1) is 0 Å². The third kappa shape index (κ3) is 10.6. The zero-order valence-electron chi connectivity index (χ0n) is 12.1. The van der Waals surface area contributed by atoms with Crippen molar-refractivity contribution < 1.29 is 19.8 Å². The minimum absolute atomic E-state index is 0. The van der Waals surface area contributed by atoms with E-state index in [0.29, 0.717) is 21.2 Å². The summed E-state index contributed by atoms with van der Waals surface area (Å²) in [5.41, 5.74) is 1.41. The van der Waals surface area contributed by atoms with Crippen molar-refractivity contribution >= 4 is 72.9 Å². The second-order valence-corrected chi connectivity index (χ2v) is 5.22. The first-order valence-electron chi connectivity index (χ1n) is 6.25. The van der Waals surface area contributed by atoms with Crippen LogP contribution in [-0.4, -0.2) is 49.7 Å². The average molecular weight is 379 g/mol. The van der Waals surface area contributed by atoms with Crippen LogP contribution in [0.2, 0.25) is 10.0 Å². The van der Waals surface area contributed by atoms with E-state index in [-0.39, 0.29) is 50.6 Å². The molecule has 0 heterocycles. The van der Waals surface area contributed by atoms with Crippen LogP contribution < -0.4 is 10.2 Å². The summed E-state index contributed by atoms with van der Waals surface area (Å²) in [6.45, 7) is 0. The van der Waals surface area contributed by atoms with Crippen molar-refractivity contribution in [1.29, 1.82) is 0 Å². The monoisotopic (exact) mass is 378 g/mol. The van der Waals surface area contributed by atoms with Crippen molar-refractivity contribution in [3.63, 3.8) is 0 Å². The van der Waals surface area contributed by atoms with E-state index in [2.05, 4.69) is 0 Å². The van der Waals surface area contributed by atoms with Gasteiger partial charge in [-0.3, -0.25) is 0 Å². The molecule has 0 unspecified atom stereocenters. The van der Waals surface area contributed by atoms with Gasteiger partial charge in [0.15, 0.2) is 0 Å². The van der Waals surface area contributed by atoms with Crippen LogP contribution in [0.3, 0.4) is 0 Å². The van der Waals surface area contributed by atoms with Crippen molar-refractivity contribution in [1.82, 2.24) is 0 Å². The third-order valence-corrected chi connectivity index (χ3v) is 3.03. The quantitative estimate of drug-likeness (QED) is 0.739. The number of carboxylic acid groups (broad SMARTS) is 2. The molecular formula is C16H12CaCl2O4. The van der Waals surface area contributed by atoms with E-state index in [1.807, 2.05) is 0 Å². The van der Waals surface area contributed by atoms with Gasteiger partial charge >= 0.3 is 37.7 Å². The number of benzene rings is 2. The van der Waals surface area contributed by atoms with Gasteiger partial charge in [0.25, 0.3) is 0 Å². The van der Waals surface area contributed by atoms with E-state index >= 15 is 0 Å². The predicted molar refractivity (Wildman–Crippen MR) is 86.1 cm³/mol. The van der Waals surface area contributed by atoms with E-state index in [1.54, 1.807) is 48.5 Å². The Morgan fingerprint density at radius 3 is 1.17 bits per heavy atom. The predicted octanol–water partition coefficient (Wildman–Crippen LogP) is 0.884. The van der Waals surface area contributed by atoms with Crippen LogP contribution in [0.15, 0.2) is 48.5 Å². The van der Waals surface area contributed by atoms with E-state index in [4.69, 9.17) is 23.2 Å². The molecule has 0 bridgehead atoms. The van der Waals surface area contributed by atoms with Crippen molar-refractivity contribution in [3.8, 4) is 0 Å². The van der Waals surface area contributed by atoms with Crippen molar-refractivity contribution in [2.24, 2.45) is 0 Å². The van der Waals surface area contributed by atoms with Crippen LogP contribution in [0.25, 0.3) is 0 Å². The molecule has 0 aliphatic carbocycles. The number of halogens is 2. The summed E-state index contributed by atoms with van der Waals surface area (Å²) in [5, 5.41) is 21.4.